The lowest BCUT2D eigenvalue weighted by Crippen LogP contribution is -2.27. The third kappa shape index (κ3) is 7.24. The van der Waals surface area contributed by atoms with Gasteiger partial charge in [-0.15, -0.1) is 0 Å². The van der Waals surface area contributed by atoms with Crippen LogP contribution in [-0.2, 0) is 21.2 Å². The number of sulfone groups is 1. The Morgan fingerprint density at radius 2 is 1.95 bits per heavy atom. The van der Waals surface area contributed by atoms with Crippen LogP contribution in [0.5, 0.6) is 0 Å². The fourth-order valence-corrected chi connectivity index (χ4v) is 3.39. The van der Waals surface area contributed by atoms with Gasteiger partial charge in [0.05, 0.1) is 30.8 Å². The summed E-state index contributed by atoms with van der Waals surface area (Å²) >= 11 is 5.76. The molecule has 0 saturated heterocycles. The Balaban J connectivity index is 2.29. The summed E-state index contributed by atoms with van der Waals surface area (Å²) < 4.78 is 28.6. The smallest absolute Gasteiger partial charge is 0.152 e. The zero-order valence-electron chi connectivity index (χ0n) is 11.6. The highest BCUT2D eigenvalue weighted by Crippen LogP contribution is 2.10. The summed E-state index contributed by atoms with van der Waals surface area (Å²) in [6.07, 6.45) is 0.465. The molecule has 0 amide bonds. The van der Waals surface area contributed by atoms with Crippen molar-refractivity contribution in [2.45, 2.75) is 32.5 Å². The number of hydrogen-bond donors (Lipinski definition) is 1. The van der Waals surface area contributed by atoms with Crippen molar-refractivity contribution in [1.82, 2.24) is 0 Å². The topological polar surface area (TPSA) is 63.6 Å². The maximum absolute atomic E-state index is 11.6. The van der Waals surface area contributed by atoms with E-state index >= 15 is 0 Å². The molecule has 1 atom stereocenters. The van der Waals surface area contributed by atoms with Crippen molar-refractivity contribution in [3.8, 4) is 0 Å². The number of halogens is 1. The van der Waals surface area contributed by atoms with E-state index in [1.54, 1.807) is 12.1 Å². The van der Waals surface area contributed by atoms with Gasteiger partial charge < -0.3 is 9.84 Å². The molecular formula is C14H21ClO4S. The van der Waals surface area contributed by atoms with Crippen LogP contribution in [-0.4, -0.2) is 37.7 Å². The lowest BCUT2D eigenvalue weighted by atomic mass is 10.2. The van der Waals surface area contributed by atoms with Gasteiger partial charge in [-0.2, -0.15) is 0 Å². The van der Waals surface area contributed by atoms with Crippen molar-refractivity contribution in [2.24, 2.45) is 0 Å². The molecule has 0 fully saturated rings. The number of aliphatic hydroxyl groups excluding tert-OH is 1. The molecule has 0 aliphatic rings. The summed E-state index contributed by atoms with van der Waals surface area (Å²) in [7, 11) is -3.19. The van der Waals surface area contributed by atoms with Crippen molar-refractivity contribution in [1.29, 1.82) is 0 Å². The van der Waals surface area contributed by atoms with Crippen LogP contribution in [0.2, 0.25) is 5.02 Å². The summed E-state index contributed by atoms with van der Waals surface area (Å²) in [5.74, 6) is -0.120. The first-order chi connectivity index (χ1) is 9.43. The van der Waals surface area contributed by atoms with Gasteiger partial charge in [0.25, 0.3) is 0 Å². The monoisotopic (exact) mass is 320 g/mol. The van der Waals surface area contributed by atoms with E-state index in [-0.39, 0.29) is 18.1 Å². The van der Waals surface area contributed by atoms with Gasteiger partial charge in [0.2, 0.25) is 0 Å². The molecule has 0 heterocycles. The van der Waals surface area contributed by atoms with E-state index in [1.165, 1.54) is 0 Å². The summed E-state index contributed by atoms with van der Waals surface area (Å²) in [4.78, 5) is 0. The molecule has 1 aromatic rings. The second kappa shape index (κ2) is 8.62. The fourth-order valence-electron chi connectivity index (χ4n) is 1.68. The first-order valence-corrected chi connectivity index (χ1v) is 8.83. The molecule has 4 nitrogen and oxygen atoms in total. The standard InChI is InChI=1S/C14H21ClO4S/c1-2-3-8-20(17,18)11-14(16)10-19-9-12-4-6-13(15)7-5-12/h4-7,14,16H,2-3,8-11H2,1H3/t14-/m1/s1. The van der Waals surface area contributed by atoms with E-state index in [0.717, 1.165) is 12.0 Å². The maximum atomic E-state index is 11.6. The van der Waals surface area contributed by atoms with E-state index in [9.17, 15) is 13.5 Å². The van der Waals surface area contributed by atoms with Crippen LogP contribution in [0.3, 0.4) is 0 Å². The average molecular weight is 321 g/mol. The van der Waals surface area contributed by atoms with Crippen LogP contribution in [0.15, 0.2) is 24.3 Å². The van der Waals surface area contributed by atoms with Crippen molar-refractivity contribution in [3.63, 3.8) is 0 Å². The summed E-state index contributed by atoms with van der Waals surface area (Å²) in [5, 5.41) is 10.3. The van der Waals surface area contributed by atoms with Gasteiger partial charge >= 0.3 is 0 Å². The molecule has 1 aromatic carbocycles. The Morgan fingerprint density at radius 3 is 2.55 bits per heavy atom. The largest absolute Gasteiger partial charge is 0.390 e. The molecule has 0 aliphatic heterocycles. The Hall–Kier alpha value is -0.620. The Morgan fingerprint density at radius 1 is 1.30 bits per heavy atom. The maximum Gasteiger partial charge on any atom is 0.152 e. The number of unbranched alkanes of at least 4 members (excludes halogenated alkanes) is 1. The lowest BCUT2D eigenvalue weighted by molar-refractivity contribution is 0.0390. The van der Waals surface area contributed by atoms with Crippen molar-refractivity contribution in [3.05, 3.63) is 34.9 Å². The predicted molar refractivity (Wildman–Crippen MR) is 80.7 cm³/mol. The molecular weight excluding hydrogens is 300 g/mol. The molecule has 0 aliphatic carbocycles. The van der Waals surface area contributed by atoms with E-state index in [2.05, 4.69) is 0 Å². The van der Waals surface area contributed by atoms with E-state index in [1.807, 2.05) is 19.1 Å². The highest BCUT2D eigenvalue weighted by molar-refractivity contribution is 7.91. The Bertz CT molecular complexity index is 484. The molecule has 1 rings (SSSR count). The molecule has 6 heteroatoms. The van der Waals surface area contributed by atoms with E-state index < -0.39 is 15.9 Å². The second-order valence-electron chi connectivity index (χ2n) is 4.76. The van der Waals surface area contributed by atoms with Gasteiger partial charge in [0.1, 0.15) is 0 Å². The first-order valence-electron chi connectivity index (χ1n) is 6.63. The van der Waals surface area contributed by atoms with Crippen LogP contribution < -0.4 is 0 Å². The molecule has 0 radical (unpaired) electrons. The molecule has 0 aromatic heterocycles. The highest BCUT2D eigenvalue weighted by atomic mass is 35.5. The molecule has 114 valence electrons. The quantitative estimate of drug-likeness (QED) is 0.759. The zero-order chi connectivity index (χ0) is 15.0. The van der Waals surface area contributed by atoms with E-state index in [4.69, 9.17) is 16.3 Å². The number of benzene rings is 1. The minimum Gasteiger partial charge on any atom is -0.390 e. The molecule has 20 heavy (non-hydrogen) atoms. The Kier molecular flexibility index (Phi) is 7.51. The Labute approximate surface area is 125 Å². The van der Waals surface area contributed by atoms with Crippen LogP contribution in [0, 0.1) is 0 Å². The first kappa shape index (κ1) is 17.4. The van der Waals surface area contributed by atoms with E-state index in [0.29, 0.717) is 18.1 Å². The number of rotatable bonds is 9. The van der Waals surface area contributed by atoms with Crippen molar-refractivity contribution in [2.75, 3.05) is 18.1 Å². The lowest BCUT2D eigenvalue weighted by Gasteiger charge is -2.12. The van der Waals surface area contributed by atoms with Crippen LogP contribution >= 0.6 is 11.6 Å². The van der Waals surface area contributed by atoms with Crippen LogP contribution in [0.1, 0.15) is 25.3 Å². The van der Waals surface area contributed by atoms with Gasteiger partial charge in [-0.25, -0.2) is 8.42 Å². The van der Waals surface area contributed by atoms with Gasteiger partial charge in [-0.1, -0.05) is 37.1 Å². The minimum absolute atomic E-state index is 0.00792. The van der Waals surface area contributed by atoms with Gasteiger partial charge in [0.15, 0.2) is 9.84 Å². The average Bonchev–Trinajstić information content (AvgIpc) is 2.38. The van der Waals surface area contributed by atoms with Gasteiger partial charge in [0, 0.05) is 5.02 Å². The van der Waals surface area contributed by atoms with Crippen molar-refractivity contribution >= 4 is 21.4 Å². The summed E-state index contributed by atoms with van der Waals surface area (Å²) in [6.45, 7) is 2.26. The van der Waals surface area contributed by atoms with Crippen LogP contribution in [0.4, 0.5) is 0 Å². The molecule has 1 N–H and O–H groups in total. The highest BCUT2D eigenvalue weighted by Gasteiger charge is 2.16. The minimum atomic E-state index is -3.19. The van der Waals surface area contributed by atoms with Gasteiger partial charge in [-0.05, 0) is 24.1 Å². The third-order valence-corrected chi connectivity index (χ3v) is 4.80. The number of ether oxygens (including phenoxy) is 1. The van der Waals surface area contributed by atoms with Gasteiger partial charge in [-0.3, -0.25) is 0 Å². The van der Waals surface area contributed by atoms with Crippen molar-refractivity contribution < 1.29 is 18.3 Å². The van der Waals surface area contributed by atoms with Crippen LogP contribution in [0.25, 0.3) is 0 Å². The molecule has 0 bridgehead atoms. The SMILES string of the molecule is CCCCS(=O)(=O)C[C@H](O)COCc1ccc(Cl)cc1. The summed E-state index contributed by atoms with van der Waals surface area (Å²) in [5.41, 5.74) is 0.926. The summed E-state index contributed by atoms with van der Waals surface area (Å²) in [6, 6.07) is 7.16. The second-order valence-corrected chi connectivity index (χ2v) is 7.43. The molecule has 0 saturated carbocycles. The zero-order valence-corrected chi connectivity index (χ0v) is 13.2. The normalized spacial score (nSPS) is 13.3. The molecule has 0 unspecified atom stereocenters. The number of hydrogen-bond acceptors (Lipinski definition) is 4. The molecule has 0 spiro atoms. The third-order valence-electron chi connectivity index (χ3n) is 2.75. The number of aliphatic hydroxyl groups is 1. The predicted octanol–water partition coefficient (Wildman–Crippen LogP) is 2.43. The fraction of sp³-hybridized carbons (Fsp3) is 0.571.